The fourth-order valence-corrected chi connectivity index (χ4v) is 6.82. The second-order valence-corrected chi connectivity index (χ2v) is 8.30. The van der Waals surface area contributed by atoms with Gasteiger partial charge in [0.1, 0.15) is 0 Å². The Hall–Kier alpha value is 0. The highest BCUT2D eigenvalue weighted by atomic mass is 14.6. The van der Waals surface area contributed by atoms with E-state index in [1.54, 1.807) is 70.6 Å². The number of rotatable bonds is 0. The molecule has 4 saturated carbocycles. The van der Waals surface area contributed by atoms with Crippen molar-refractivity contribution in [1.29, 1.82) is 0 Å². The molecular formula is C18H30. The summed E-state index contributed by atoms with van der Waals surface area (Å²) in [7, 11) is 0. The van der Waals surface area contributed by atoms with Crippen LogP contribution in [0.1, 0.15) is 77.6 Å². The first-order valence-electron chi connectivity index (χ1n) is 8.78. The Kier molecular flexibility index (Phi) is 2.79. The maximum Gasteiger partial charge on any atom is -0.0295 e. The molecule has 0 aromatic rings. The molecule has 0 heteroatoms. The molecule has 0 nitrogen and oxygen atoms in total. The van der Waals surface area contributed by atoms with Gasteiger partial charge in [0.05, 0.1) is 0 Å². The Morgan fingerprint density at radius 3 is 2.50 bits per heavy atom. The van der Waals surface area contributed by atoms with Crippen molar-refractivity contribution in [1.82, 2.24) is 0 Å². The van der Waals surface area contributed by atoms with Crippen molar-refractivity contribution in [2.24, 2.45) is 35.0 Å². The molecule has 0 N–H and O–H groups in total. The molecule has 4 rings (SSSR count). The van der Waals surface area contributed by atoms with Crippen molar-refractivity contribution in [2.45, 2.75) is 77.6 Å². The van der Waals surface area contributed by atoms with Crippen LogP contribution < -0.4 is 0 Å². The van der Waals surface area contributed by atoms with E-state index in [4.69, 9.17) is 0 Å². The summed E-state index contributed by atoms with van der Waals surface area (Å²) < 4.78 is 0. The summed E-state index contributed by atoms with van der Waals surface area (Å²) in [6.45, 7) is 2.63. The summed E-state index contributed by atoms with van der Waals surface area (Å²) in [5.74, 6) is 5.72. The minimum absolute atomic E-state index is 0.767. The third kappa shape index (κ3) is 1.63. The first-order valence-corrected chi connectivity index (χ1v) is 8.78. The van der Waals surface area contributed by atoms with Gasteiger partial charge in [-0.1, -0.05) is 32.6 Å². The van der Waals surface area contributed by atoms with Crippen LogP contribution in [0.25, 0.3) is 0 Å². The van der Waals surface area contributed by atoms with Gasteiger partial charge in [-0.05, 0) is 80.0 Å². The van der Waals surface area contributed by atoms with Crippen LogP contribution in [-0.4, -0.2) is 0 Å². The normalized spacial score (nSPS) is 55.5. The lowest BCUT2D eigenvalue weighted by Gasteiger charge is -2.54. The zero-order valence-corrected chi connectivity index (χ0v) is 12.2. The Morgan fingerprint density at radius 1 is 0.667 bits per heavy atom. The fraction of sp³-hybridized carbons (Fsp3) is 1.00. The lowest BCUT2D eigenvalue weighted by Crippen LogP contribution is -2.46. The van der Waals surface area contributed by atoms with Crippen LogP contribution in [0.2, 0.25) is 0 Å². The maximum atomic E-state index is 2.63. The zero-order chi connectivity index (χ0) is 12.2. The SMILES string of the molecule is CC12CCC[C@H]1C1CC[C@H]3CCCCC3[C@H]1CC2. The van der Waals surface area contributed by atoms with Gasteiger partial charge < -0.3 is 0 Å². The first kappa shape index (κ1) is 11.8. The third-order valence-corrected chi connectivity index (χ3v) is 7.66. The van der Waals surface area contributed by atoms with E-state index in [9.17, 15) is 0 Å². The van der Waals surface area contributed by atoms with Crippen LogP contribution >= 0.6 is 0 Å². The van der Waals surface area contributed by atoms with Crippen molar-refractivity contribution in [3.63, 3.8) is 0 Å². The van der Waals surface area contributed by atoms with Crippen LogP contribution in [0.4, 0.5) is 0 Å². The van der Waals surface area contributed by atoms with Gasteiger partial charge in [0.15, 0.2) is 0 Å². The van der Waals surface area contributed by atoms with E-state index in [-0.39, 0.29) is 0 Å². The van der Waals surface area contributed by atoms with Gasteiger partial charge >= 0.3 is 0 Å². The fourth-order valence-electron chi connectivity index (χ4n) is 6.82. The maximum absolute atomic E-state index is 2.63. The minimum atomic E-state index is 0.767. The highest BCUT2D eigenvalue weighted by Gasteiger charge is 2.52. The summed E-state index contributed by atoms with van der Waals surface area (Å²) in [4.78, 5) is 0. The van der Waals surface area contributed by atoms with E-state index in [2.05, 4.69) is 6.92 Å². The molecule has 0 spiro atoms. The van der Waals surface area contributed by atoms with E-state index in [0.717, 1.165) is 35.0 Å². The molecule has 0 radical (unpaired) electrons. The predicted octanol–water partition coefficient (Wildman–Crippen LogP) is 5.42. The second-order valence-electron chi connectivity index (χ2n) is 8.30. The van der Waals surface area contributed by atoms with Crippen molar-refractivity contribution >= 4 is 0 Å². The molecule has 4 fully saturated rings. The summed E-state index contributed by atoms with van der Waals surface area (Å²) in [5, 5.41) is 0. The van der Waals surface area contributed by atoms with Crippen molar-refractivity contribution in [2.75, 3.05) is 0 Å². The molecule has 0 aliphatic heterocycles. The average Bonchev–Trinajstić information content (AvgIpc) is 2.80. The van der Waals surface area contributed by atoms with E-state index in [1.807, 2.05) is 0 Å². The molecule has 3 unspecified atom stereocenters. The number of hydrogen-bond acceptors (Lipinski definition) is 0. The van der Waals surface area contributed by atoms with Crippen LogP contribution in [-0.2, 0) is 0 Å². The number of hydrogen-bond donors (Lipinski definition) is 0. The largest absolute Gasteiger partial charge is 0.0594 e. The quantitative estimate of drug-likeness (QED) is 0.535. The molecule has 0 aromatic heterocycles. The van der Waals surface area contributed by atoms with E-state index in [1.165, 1.54) is 0 Å². The minimum Gasteiger partial charge on any atom is -0.0594 e. The lowest BCUT2D eigenvalue weighted by atomic mass is 9.51. The monoisotopic (exact) mass is 246 g/mol. The topological polar surface area (TPSA) is 0 Å². The molecule has 6 atom stereocenters. The van der Waals surface area contributed by atoms with Gasteiger partial charge in [0.25, 0.3) is 0 Å². The van der Waals surface area contributed by atoms with Crippen molar-refractivity contribution in [3.8, 4) is 0 Å². The van der Waals surface area contributed by atoms with Crippen molar-refractivity contribution < 1.29 is 0 Å². The average molecular weight is 246 g/mol. The highest BCUT2D eigenvalue weighted by Crippen LogP contribution is 2.62. The van der Waals surface area contributed by atoms with Crippen LogP contribution in [0, 0.1) is 35.0 Å². The predicted molar refractivity (Wildman–Crippen MR) is 76.3 cm³/mol. The first-order chi connectivity index (χ1) is 8.78. The van der Waals surface area contributed by atoms with E-state index < -0.39 is 0 Å². The van der Waals surface area contributed by atoms with Crippen LogP contribution in [0.5, 0.6) is 0 Å². The van der Waals surface area contributed by atoms with Gasteiger partial charge in [0.2, 0.25) is 0 Å². The standard InChI is InChI=1S/C18H30/c1-18-11-4-7-17(18)16-9-8-13-5-2-3-6-14(13)15(16)10-12-18/h13-17H,2-12H2,1H3/t13-,14?,15-,16?,17+,18?/m1/s1. The Bertz CT molecular complexity index is 320. The number of fused-ring (bicyclic) bond motifs is 5. The summed E-state index contributed by atoms with van der Waals surface area (Å²) in [6.07, 6.45) is 17.3. The zero-order valence-electron chi connectivity index (χ0n) is 12.2. The third-order valence-electron chi connectivity index (χ3n) is 7.66. The molecule has 0 heterocycles. The summed E-state index contributed by atoms with van der Waals surface area (Å²) in [6, 6.07) is 0. The van der Waals surface area contributed by atoms with E-state index in [0.29, 0.717) is 0 Å². The molecule has 18 heavy (non-hydrogen) atoms. The lowest BCUT2D eigenvalue weighted by molar-refractivity contribution is -0.0492. The molecular weight excluding hydrogens is 216 g/mol. The van der Waals surface area contributed by atoms with Gasteiger partial charge in [-0.15, -0.1) is 0 Å². The molecule has 4 aliphatic carbocycles. The molecule has 102 valence electrons. The van der Waals surface area contributed by atoms with E-state index >= 15 is 0 Å². The van der Waals surface area contributed by atoms with Crippen LogP contribution in [0.3, 0.4) is 0 Å². The summed E-state index contributed by atoms with van der Waals surface area (Å²) >= 11 is 0. The van der Waals surface area contributed by atoms with Crippen LogP contribution in [0.15, 0.2) is 0 Å². The smallest absolute Gasteiger partial charge is 0.0295 e. The molecule has 0 amide bonds. The second kappa shape index (κ2) is 4.25. The molecule has 0 saturated heterocycles. The molecule has 4 aliphatic rings. The van der Waals surface area contributed by atoms with Gasteiger partial charge in [-0.2, -0.15) is 0 Å². The Morgan fingerprint density at radius 2 is 1.56 bits per heavy atom. The summed E-state index contributed by atoms with van der Waals surface area (Å²) in [5.41, 5.74) is 0.767. The van der Waals surface area contributed by atoms with Crippen molar-refractivity contribution in [3.05, 3.63) is 0 Å². The van der Waals surface area contributed by atoms with Gasteiger partial charge in [-0.25, -0.2) is 0 Å². The van der Waals surface area contributed by atoms with Gasteiger partial charge in [-0.3, -0.25) is 0 Å². The Labute approximate surface area is 113 Å². The Balaban J connectivity index is 1.59. The highest BCUT2D eigenvalue weighted by molar-refractivity contribution is 5.02. The molecule has 0 aromatic carbocycles. The van der Waals surface area contributed by atoms with Gasteiger partial charge in [0, 0.05) is 0 Å². The molecule has 0 bridgehead atoms.